The number of nitrogen functional groups attached to an aromatic ring is 1. The molecule has 0 amide bonds. The first-order valence-corrected chi connectivity index (χ1v) is 7.12. The van der Waals surface area contributed by atoms with Crippen LogP contribution < -0.4 is 5.73 Å². The highest BCUT2D eigenvalue weighted by Crippen LogP contribution is 2.26. The quantitative estimate of drug-likeness (QED) is 0.926. The molecule has 0 unspecified atom stereocenters. The van der Waals surface area contributed by atoms with Gasteiger partial charge in [0.05, 0.1) is 12.2 Å². The molecule has 94 valence electrons. The number of hydrogen-bond donors (Lipinski definition) is 1. The second-order valence-electron chi connectivity index (χ2n) is 4.80. The largest absolute Gasteiger partial charge is 0.384 e. The smallest absolute Gasteiger partial charge is 0.125 e. The Labute approximate surface area is 115 Å². The Kier molecular flexibility index (Phi) is 3.12. The summed E-state index contributed by atoms with van der Waals surface area (Å²) in [5.74, 6) is 0.854. The molecule has 3 nitrogen and oxygen atoms in total. The summed E-state index contributed by atoms with van der Waals surface area (Å²) in [6, 6.07) is 8.30. The summed E-state index contributed by atoms with van der Waals surface area (Å²) in [5.41, 5.74) is 9.90. The zero-order valence-corrected chi connectivity index (χ0v) is 11.8. The van der Waals surface area contributed by atoms with Crippen LogP contribution in [-0.4, -0.2) is 9.78 Å². The first-order chi connectivity index (χ1) is 8.74. The van der Waals surface area contributed by atoms with Gasteiger partial charge in [0.15, 0.2) is 0 Å². The zero-order chi connectivity index (χ0) is 12.5. The van der Waals surface area contributed by atoms with Crippen molar-refractivity contribution < 1.29 is 0 Å². The highest BCUT2D eigenvalue weighted by atomic mass is 79.9. The maximum atomic E-state index is 6.19. The molecule has 3 rings (SSSR count). The highest BCUT2D eigenvalue weighted by molar-refractivity contribution is 9.10. The molecule has 0 spiro atoms. The summed E-state index contributed by atoms with van der Waals surface area (Å²) in [6.45, 7) is 0.756. The number of aryl methyl sites for hydroxylation is 1. The molecule has 4 heteroatoms. The Morgan fingerprint density at radius 3 is 2.61 bits per heavy atom. The van der Waals surface area contributed by atoms with E-state index in [1.54, 1.807) is 0 Å². The van der Waals surface area contributed by atoms with Crippen molar-refractivity contribution in [1.82, 2.24) is 9.78 Å². The lowest BCUT2D eigenvalue weighted by molar-refractivity contribution is 0.647. The number of aromatic nitrogens is 2. The van der Waals surface area contributed by atoms with Crippen LogP contribution in [-0.2, 0) is 19.4 Å². The molecule has 1 aromatic carbocycles. The van der Waals surface area contributed by atoms with E-state index < -0.39 is 0 Å². The lowest BCUT2D eigenvalue weighted by atomic mass is 9.98. The molecule has 0 saturated carbocycles. The number of hydrogen-bond acceptors (Lipinski definition) is 2. The van der Waals surface area contributed by atoms with Crippen molar-refractivity contribution in [2.24, 2.45) is 0 Å². The molecule has 1 aromatic heterocycles. The van der Waals surface area contributed by atoms with Crippen molar-refractivity contribution in [1.29, 1.82) is 0 Å². The third-order valence-electron chi connectivity index (χ3n) is 3.51. The Bertz CT molecular complexity index is 557. The molecule has 18 heavy (non-hydrogen) atoms. The number of rotatable bonds is 2. The van der Waals surface area contributed by atoms with Gasteiger partial charge in [-0.3, -0.25) is 0 Å². The fourth-order valence-electron chi connectivity index (χ4n) is 2.51. The number of anilines is 1. The van der Waals surface area contributed by atoms with Gasteiger partial charge >= 0.3 is 0 Å². The van der Waals surface area contributed by atoms with Gasteiger partial charge in [0.25, 0.3) is 0 Å². The van der Waals surface area contributed by atoms with Gasteiger partial charge in [0.2, 0.25) is 0 Å². The number of halogens is 1. The minimum atomic E-state index is 0.756. The summed E-state index contributed by atoms with van der Waals surface area (Å²) >= 11 is 3.44. The Morgan fingerprint density at radius 1 is 1.17 bits per heavy atom. The van der Waals surface area contributed by atoms with Crippen LogP contribution in [0, 0.1) is 0 Å². The number of nitrogens with zero attached hydrogens (tertiary/aromatic N) is 2. The van der Waals surface area contributed by atoms with Crippen LogP contribution in [0.1, 0.15) is 29.7 Å². The van der Waals surface area contributed by atoms with Crippen LogP contribution in [0.5, 0.6) is 0 Å². The Hall–Kier alpha value is -1.29. The molecule has 2 N–H and O–H groups in total. The molecule has 0 radical (unpaired) electrons. The number of fused-ring (bicyclic) bond motifs is 1. The molecule has 0 bridgehead atoms. The van der Waals surface area contributed by atoms with Crippen LogP contribution in [0.2, 0.25) is 0 Å². The normalized spacial score (nSPS) is 14.5. The zero-order valence-electron chi connectivity index (χ0n) is 10.2. The van der Waals surface area contributed by atoms with E-state index in [1.165, 1.54) is 29.7 Å². The van der Waals surface area contributed by atoms with Gasteiger partial charge in [0, 0.05) is 10.0 Å². The molecule has 1 aliphatic carbocycles. The third kappa shape index (κ3) is 2.17. The summed E-state index contributed by atoms with van der Waals surface area (Å²) in [7, 11) is 0. The fourth-order valence-corrected chi connectivity index (χ4v) is 2.78. The predicted octanol–water partition coefficient (Wildman–Crippen LogP) is 3.15. The molecule has 0 fully saturated rings. The van der Waals surface area contributed by atoms with E-state index in [-0.39, 0.29) is 0 Å². The lowest BCUT2D eigenvalue weighted by Crippen LogP contribution is -2.06. The summed E-state index contributed by atoms with van der Waals surface area (Å²) < 4.78 is 3.04. The summed E-state index contributed by atoms with van der Waals surface area (Å²) in [4.78, 5) is 0. The van der Waals surface area contributed by atoms with Gasteiger partial charge in [-0.2, -0.15) is 5.10 Å². The van der Waals surface area contributed by atoms with Crippen molar-refractivity contribution in [3.63, 3.8) is 0 Å². The maximum absolute atomic E-state index is 6.19. The lowest BCUT2D eigenvalue weighted by Gasteiger charge is -2.08. The van der Waals surface area contributed by atoms with Crippen molar-refractivity contribution in [3.05, 3.63) is 45.6 Å². The second kappa shape index (κ2) is 4.76. The van der Waals surface area contributed by atoms with Crippen molar-refractivity contribution in [3.8, 4) is 0 Å². The van der Waals surface area contributed by atoms with Gasteiger partial charge in [-0.15, -0.1) is 0 Å². The molecular formula is C14H16BrN3. The van der Waals surface area contributed by atoms with Gasteiger partial charge in [-0.1, -0.05) is 28.1 Å². The van der Waals surface area contributed by atoms with E-state index in [0.29, 0.717) is 0 Å². The highest BCUT2D eigenvalue weighted by Gasteiger charge is 2.18. The molecular weight excluding hydrogens is 290 g/mol. The van der Waals surface area contributed by atoms with Gasteiger partial charge in [-0.25, -0.2) is 4.68 Å². The second-order valence-corrected chi connectivity index (χ2v) is 5.72. The van der Waals surface area contributed by atoms with E-state index in [4.69, 9.17) is 5.73 Å². The standard InChI is InChI=1S/C14H16BrN3/c15-11-7-5-10(6-8-11)9-18-14(16)12-3-1-2-4-13(12)17-18/h5-8H,1-4,9,16H2. The third-order valence-corrected chi connectivity index (χ3v) is 4.04. The van der Waals surface area contributed by atoms with Crippen molar-refractivity contribution in [2.45, 2.75) is 32.2 Å². The van der Waals surface area contributed by atoms with Crippen molar-refractivity contribution >= 4 is 21.7 Å². The van der Waals surface area contributed by atoms with Gasteiger partial charge in [0.1, 0.15) is 5.82 Å². The van der Waals surface area contributed by atoms with Crippen molar-refractivity contribution in [2.75, 3.05) is 5.73 Å². The molecule has 1 heterocycles. The van der Waals surface area contributed by atoms with Crippen LogP contribution in [0.3, 0.4) is 0 Å². The van der Waals surface area contributed by atoms with E-state index in [2.05, 4.69) is 45.3 Å². The minimum absolute atomic E-state index is 0.756. The number of benzene rings is 1. The van der Waals surface area contributed by atoms with Crippen LogP contribution >= 0.6 is 15.9 Å². The predicted molar refractivity (Wildman–Crippen MR) is 76.5 cm³/mol. The van der Waals surface area contributed by atoms with E-state index in [0.717, 1.165) is 29.7 Å². The first kappa shape index (κ1) is 11.8. The first-order valence-electron chi connectivity index (χ1n) is 6.32. The average molecular weight is 306 g/mol. The number of nitrogens with two attached hydrogens (primary N) is 1. The van der Waals surface area contributed by atoms with Crippen LogP contribution in [0.25, 0.3) is 0 Å². The monoisotopic (exact) mass is 305 g/mol. The van der Waals surface area contributed by atoms with E-state index in [1.807, 2.05) is 4.68 Å². The average Bonchev–Trinajstić information content (AvgIpc) is 2.70. The summed E-state index contributed by atoms with van der Waals surface area (Å²) in [6.07, 6.45) is 4.64. The molecule has 0 atom stereocenters. The topological polar surface area (TPSA) is 43.8 Å². The van der Waals surface area contributed by atoms with Gasteiger partial charge < -0.3 is 5.73 Å². The minimum Gasteiger partial charge on any atom is -0.384 e. The maximum Gasteiger partial charge on any atom is 0.125 e. The SMILES string of the molecule is Nc1c2c(nn1Cc1ccc(Br)cc1)CCCC2. The molecule has 0 aliphatic heterocycles. The van der Waals surface area contributed by atoms with E-state index in [9.17, 15) is 0 Å². The van der Waals surface area contributed by atoms with Crippen LogP contribution in [0.4, 0.5) is 5.82 Å². The molecule has 0 saturated heterocycles. The fraction of sp³-hybridized carbons (Fsp3) is 0.357. The Morgan fingerprint density at radius 2 is 1.89 bits per heavy atom. The summed E-state index contributed by atoms with van der Waals surface area (Å²) in [5, 5.41) is 4.65. The molecule has 1 aliphatic rings. The molecule has 2 aromatic rings. The Balaban J connectivity index is 1.88. The van der Waals surface area contributed by atoms with Gasteiger partial charge in [-0.05, 0) is 43.4 Å². The van der Waals surface area contributed by atoms with Crippen LogP contribution in [0.15, 0.2) is 28.7 Å². The van der Waals surface area contributed by atoms with E-state index >= 15 is 0 Å².